The highest BCUT2D eigenvalue weighted by Crippen LogP contribution is 2.02. The van der Waals surface area contributed by atoms with E-state index in [0.29, 0.717) is 6.42 Å². The Hall–Kier alpha value is -1.43. The van der Waals surface area contributed by atoms with E-state index in [0.717, 1.165) is 37.8 Å². The molecule has 0 aliphatic carbocycles. The van der Waals surface area contributed by atoms with E-state index >= 15 is 0 Å². The molecule has 1 aromatic rings. The number of rotatable bonds is 2. The average molecular weight is 223 g/mol. The smallest absolute Gasteiger partial charge is 0.230 e. The molecule has 2 heterocycles. The zero-order valence-corrected chi connectivity index (χ0v) is 9.73. The fraction of sp³-hybridized carbons (Fsp3) is 0.700. The highest BCUT2D eigenvalue weighted by Gasteiger charge is 2.18. The first-order valence-corrected chi connectivity index (χ1v) is 5.52. The predicted octanol–water partition coefficient (Wildman–Crippen LogP) is -0.902. The van der Waals surface area contributed by atoms with Gasteiger partial charge in [0.05, 0.1) is 6.42 Å². The van der Waals surface area contributed by atoms with E-state index < -0.39 is 0 Å². The van der Waals surface area contributed by atoms with Gasteiger partial charge in [0.15, 0.2) is 0 Å². The first-order chi connectivity index (χ1) is 7.68. The second kappa shape index (κ2) is 4.61. The number of piperazine rings is 1. The maximum Gasteiger partial charge on any atom is 0.230 e. The third-order valence-corrected chi connectivity index (χ3v) is 2.96. The standard InChI is InChI=1S/C10H17N5O/c1-8-12-13-9(14(8)2)7-10(16)15-5-3-11-4-6-15/h11H,3-7H2,1-2H3. The highest BCUT2D eigenvalue weighted by atomic mass is 16.2. The van der Waals surface area contributed by atoms with E-state index in [1.807, 2.05) is 23.4 Å². The number of amides is 1. The van der Waals surface area contributed by atoms with E-state index in [1.54, 1.807) is 0 Å². The summed E-state index contributed by atoms with van der Waals surface area (Å²) in [6.07, 6.45) is 0.345. The normalized spacial score (nSPS) is 16.5. The minimum absolute atomic E-state index is 0.136. The van der Waals surface area contributed by atoms with Crippen LogP contribution in [-0.4, -0.2) is 51.8 Å². The first kappa shape index (κ1) is 11.1. The summed E-state index contributed by atoms with van der Waals surface area (Å²) < 4.78 is 1.86. The predicted molar refractivity (Wildman–Crippen MR) is 58.9 cm³/mol. The van der Waals surface area contributed by atoms with Crippen LogP contribution in [0.5, 0.6) is 0 Å². The Kier molecular flexibility index (Phi) is 3.19. The Bertz CT molecular complexity index is 381. The minimum atomic E-state index is 0.136. The molecule has 1 saturated heterocycles. The third kappa shape index (κ3) is 2.21. The summed E-state index contributed by atoms with van der Waals surface area (Å²) in [4.78, 5) is 13.8. The molecule has 6 nitrogen and oxygen atoms in total. The molecule has 1 amide bonds. The largest absolute Gasteiger partial charge is 0.340 e. The number of nitrogens with one attached hydrogen (secondary N) is 1. The van der Waals surface area contributed by atoms with Crippen molar-refractivity contribution in [3.05, 3.63) is 11.6 Å². The van der Waals surface area contributed by atoms with Crippen molar-refractivity contribution in [2.75, 3.05) is 26.2 Å². The fourth-order valence-corrected chi connectivity index (χ4v) is 1.77. The maximum absolute atomic E-state index is 11.9. The van der Waals surface area contributed by atoms with Crippen LogP contribution in [0, 0.1) is 6.92 Å². The maximum atomic E-state index is 11.9. The summed E-state index contributed by atoms with van der Waals surface area (Å²) in [5.41, 5.74) is 0. The molecule has 0 saturated carbocycles. The van der Waals surface area contributed by atoms with Gasteiger partial charge in [-0.05, 0) is 6.92 Å². The van der Waals surface area contributed by atoms with Crippen molar-refractivity contribution in [1.29, 1.82) is 0 Å². The number of hydrogen-bond donors (Lipinski definition) is 1. The number of nitrogens with zero attached hydrogens (tertiary/aromatic N) is 4. The molecule has 1 aliphatic rings. The second-order valence-corrected chi connectivity index (χ2v) is 4.03. The van der Waals surface area contributed by atoms with E-state index in [9.17, 15) is 4.79 Å². The molecule has 6 heteroatoms. The van der Waals surface area contributed by atoms with Crippen molar-refractivity contribution in [1.82, 2.24) is 25.0 Å². The Morgan fingerprint density at radius 3 is 2.62 bits per heavy atom. The molecular formula is C10H17N5O. The van der Waals surface area contributed by atoms with Gasteiger partial charge in [0.2, 0.25) is 5.91 Å². The molecule has 88 valence electrons. The summed E-state index contributed by atoms with van der Waals surface area (Å²) in [6.45, 7) is 5.21. The van der Waals surface area contributed by atoms with Crippen LogP contribution in [0.4, 0.5) is 0 Å². The van der Waals surface area contributed by atoms with Gasteiger partial charge in [0, 0.05) is 33.2 Å². The van der Waals surface area contributed by atoms with Crippen molar-refractivity contribution in [2.45, 2.75) is 13.3 Å². The van der Waals surface area contributed by atoms with Gasteiger partial charge < -0.3 is 14.8 Å². The average Bonchev–Trinajstić information content (AvgIpc) is 2.62. The number of carbonyl (C=O) groups is 1. The lowest BCUT2D eigenvalue weighted by atomic mass is 10.3. The van der Waals surface area contributed by atoms with Crippen LogP contribution in [0.3, 0.4) is 0 Å². The first-order valence-electron chi connectivity index (χ1n) is 5.52. The van der Waals surface area contributed by atoms with Crippen LogP contribution < -0.4 is 5.32 Å². The molecule has 0 radical (unpaired) electrons. The molecule has 16 heavy (non-hydrogen) atoms. The lowest BCUT2D eigenvalue weighted by molar-refractivity contribution is -0.131. The zero-order chi connectivity index (χ0) is 11.5. The van der Waals surface area contributed by atoms with Crippen molar-refractivity contribution < 1.29 is 4.79 Å². The molecular weight excluding hydrogens is 206 g/mol. The van der Waals surface area contributed by atoms with Crippen LogP contribution >= 0.6 is 0 Å². The second-order valence-electron chi connectivity index (χ2n) is 4.03. The molecule has 0 spiro atoms. The van der Waals surface area contributed by atoms with Gasteiger partial charge in [-0.25, -0.2) is 0 Å². The van der Waals surface area contributed by atoms with Gasteiger partial charge in [-0.15, -0.1) is 10.2 Å². The van der Waals surface area contributed by atoms with Crippen molar-refractivity contribution in [3.63, 3.8) is 0 Å². The number of aryl methyl sites for hydroxylation is 1. The molecule has 0 atom stereocenters. The lowest BCUT2D eigenvalue weighted by Crippen LogP contribution is -2.47. The third-order valence-electron chi connectivity index (χ3n) is 2.96. The van der Waals surface area contributed by atoms with Crippen molar-refractivity contribution in [3.8, 4) is 0 Å². The molecule has 1 aliphatic heterocycles. The molecule has 1 N–H and O–H groups in total. The monoisotopic (exact) mass is 223 g/mol. The number of hydrogen-bond acceptors (Lipinski definition) is 4. The molecule has 1 fully saturated rings. The van der Waals surface area contributed by atoms with E-state index in [-0.39, 0.29) is 5.91 Å². The number of aromatic nitrogens is 3. The van der Waals surface area contributed by atoms with E-state index in [2.05, 4.69) is 15.5 Å². The molecule has 1 aromatic heterocycles. The van der Waals surface area contributed by atoms with Gasteiger partial charge in [0.25, 0.3) is 0 Å². The minimum Gasteiger partial charge on any atom is -0.340 e. The van der Waals surface area contributed by atoms with Crippen LogP contribution in [0.15, 0.2) is 0 Å². The van der Waals surface area contributed by atoms with Crippen LogP contribution in [0.2, 0.25) is 0 Å². The molecule has 2 rings (SSSR count). The SMILES string of the molecule is Cc1nnc(CC(=O)N2CCNCC2)n1C. The van der Waals surface area contributed by atoms with Crippen LogP contribution in [-0.2, 0) is 18.3 Å². The summed E-state index contributed by atoms with van der Waals surface area (Å²) >= 11 is 0. The summed E-state index contributed by atoms with van der Waals surface area (Å²) in [6, 6.07) is 0. The van der Waals surface area contributed by atoms with Gasteiger partial charge >= 0.3 is 0 Å². The lowest BCUT2D eigenvalue weighted by Gasteiger charge is -2.27. The van der Waals surface area contributed by atoms with Gasteiger partial charge in [-0.1, -0.05) is 0 Å². The summed E-state index contributed by atoms with van der Waals surface area (Å²) in [7, 11) is 1.88. The Labute approximate surface area is 94.6 Å². The highest BCUT2D eigenvalue weighted by molar-refractivity contribution is 5.78. The Morgan fingerprint density at radius 1 is 1.38 bits per heavy atom. The zero-order valence-electron chi connectivity index (χ0n) is 9.73. The van der Waals surface area contributed by atoms with Crippen molar-refractivity contribution >= 4 is 5.91 Å². The Morgan fingerprint density at radius 2 is 2.06 bits per heavy atom. The van der Waals surface area contributed by atoms with E-state index in [4.69, 9.17) is 0 Å². The number of carbonyl (C=O) groups excluding carboxylic acids is 1. The van der Waals surface area contributed by atoms with Crippen LogP contribution in [0.1, 0.15) is 11.6 Å². The molecule has 0 aromatic carbocycles. The quantitative estimate of drug-likeness (QED) is 0.705. The molecule has 0 bridgehead atoms. The fourth-order valence-electron chi connectivity index (χ4n) is 1.77. The van der Waals surface area contributed by atoms with Crippen LogP contribution in [0.25, 0.3) is 0 Å². The topological polar surface area (TPSA) is 63.1 Å². The van der Waals surface area contributed by atoms with Gasteiger partial charge in [-0.2, -0.15) is 0 Å². The Balaban J connectivity index is 1.98. The van der Waals surface area contributed by atoms with Crippen molar-refractivity contribution in [2.24, 2.45) is 7.05 Å². The van der Waals surface area contributed by atoms with Gasteiger partial charge in [0.1, 0.15) is 11.6 Å². The summed E-state index contributed by atoms with van der Waals surface area (Å²) in [5, 5.41) is 11.2. The molecule has 0 unspecified atom stereocenters. The van der Waals surface area contributed by atoms with Gasteiger partial charge in [-0.3, -0.25) is 4.79 Å². The van der Waals surface area contributed by atoms with E-state index in [1.165, 1.54) is 0 Å². The summed E-state index contributed by atoms with van der Waals surface area (Å²) in [5.74, 6) is 1.71.